The fraction of sp³-hybridized carbons (Fsp3) is 0.750. The zero-order valence-electron chi connectivity index (χ0n) is 13.8. The number of hydrogen-bond donors (Lipinski definition) is 2. The van der Waals surface area contributed by atoms with E-state index in [1.165, 1.54) is 18.6 Å². The fourth-order valence-electron chi connectivity index (χ4n) is 2.66. The van der Waals surface area contributed by atoms with Crippen LogP contribution in [0, 0.1) is 6.92 Å². The molecular formula is C16H28N4S. The first-order valence-electron chi connectivity index (χ1n) is 8.07. The van der Waals surface area contributed by atoms with E-state index in [4.69, 9.17) is 4.98 Å². The standard InChI is InChI=1S/C16H28N4S/c1-5-8-13-19-14(17-6-2)12(3)15(20-13)18-11-16(4)9-7-10-21-16/h5-11H2,1-4H3,(H2,17,18,19,20). The lowest BCUT2D eigenvalue weighted by Gasteiger charge is -2.24. The van der Waals surface area contributed by atoms with Gasteiger partial charge in [-0.05, 0) is 45.8 Å². The minimum absolute atomic E-state index is 0.348. The molecule has 2 heterocycles. The Balaban J connectivity index is 2.15. The third-order valence-corrected chi connectivity index (χ3v) is 5.48. The van der Waals surface area contributed by atoms with Crippen molar-refractivity contribution in [2.24, 2.45) is 0 Å². The Hall–Kier alpha value is -0.970. The van der Waals surface area contributed by atoms with E-state index < -0.39 is 0 Å². The molecular weight excluding hydrogens is 280 g/mol. The van der Waals surface area contributed by atoms with E-state index in [1.807, 2.05) is 0 Å². The van der Waals surface area contributed by atoms with Crippen molar-refractivity contribution >= 4 is 23.4 Å². The average Bonchev–Trinajstić information content (AvgIpc) is 2.88. The van der Waals surface area contributed by atoms with Gasteiger partial charge in [-0.2, -0.15) is 11.8 Å². The summed E-state index contributed by atoms with van der Waals surface area (Å²) in [6.07, 6.45) is 4.62. The average molecular weight is 308 g/mol. The van der Waals surface area contributed by atoms with E-state index >= 15 is 0 Å². The van der Waals surface area contributed by atoms with Crippen molar-refractivity contribution in [3.8, 4) is 0 Å². The number of hydrogen-bond acceptors (Lipinski definition) is 5. The van der Waals surface area contributed by atoms with Gasteiger partial charge in [-0.15, -0.1) is 0 Å². The van der Waals surface area contributed by atoms with Crippen LogP contribution in [0.3, 0.4) is 0 Å². The topological polar surface area (TPSA) is 49.8 Å². The molecule has 0 saturated carbocycles. The first-order valence-corrected chi connectivity index (χ1v) is 9.05. The lowest BCUT2D eigenvalue weighted by atomic mass is 10.1. The van der Waals surface area contributed by atoms with Gasteiger partial charge in [0.1, 0.15) is 17.5 Å². The minimum Gasteiger partial charge on any atom is -0.370 e. The second kappa shape index (κ2) is 7.34. The van der Waals surface area contributed by atoms with Crippen molar-refractivity contribution in [2.45, 2.75) is 58.1 Å². The number of anilines is 2. The van der Waals surface area contributed by atoms with Crippen LogP contribution in [-0.2, 0) is 6.42 Å². The van der Waals surface area contributed by atoms with Gasteiger partial charge in [0, 0.05) is 29.8 Å². The smallest absolute Gasteiger partial charge is 0.134 e. The third-order valence-electron chi connectivity index (χ3n) is 3.94. The first kappa shape index (κ1) is 16.4. The number of thioether (sulfide) groups is 1. The fourth-order valence-corrected chi connectivity index (χ4v) is 3.90. The van der Waals surface area contributed by atoms with E-state index in [2.05, 4.69) is 55.1 Å². The predicted molar refractivity (Wildman–Crippen MR) is 93.5 cm³/mol. The van der Waals surface area contributed by atoms with Crippen LogP contribution < -0.4 is 10.6 Å². The van der Waals surface area contributed by atoms with Crippen molar-refractivity contribution in [2.75, 3.05) is 29.5 Å². The summed E-state index contributed by atoms with van der Waals surface area (Å²) in [5.74, 6) is 4.19. The highest BCUT2D eigenvalue weighted by Crippen LogP contribution is 2.37. The summed E-state index contributed by atoms with van der Waals surface area (Å²) in [5, 5.41) is 6.94. The number of aromatic nitrogens is 2. The summed E-state index contributed by atoms with van der Waals surface area (Å²) in [6, 6.07) is 0. The predicted octanol–water partition coefficient (Wildman–Crippen LogP) is 3.87. The molecule has 0 aliphatic carbocycles. The minimum atomic E-state index is 0.348. The highest BCUT2D eigenvalue weighted by atomic mass is 32.2. The molecule has 1 aromatic heterocycles. The molecule has 0 amide bonds. The van der Waals surface area contributed by atoms with E-state index in [9.17, 15) is 0 Å². The molecule has 1 aliphatic heterocycles. The molecule has 2 N–H and O–H groups in total. The summed E-state index contributed by atoms with van der Waals surface area (Å²) < 4.78 is 0.348. The van der Waals surface area contributed by atoms with Crippen LogP contribution in [0.15, 0.2) is 0 Å². The molecule has 1 aromatic rings. The van der Waals surface area contributed by atoms with Gasteiger partial charge in [0.15, 0.2) is 0 Å². The lowest BCUT2D eigenvalue weighted by Crippen LogP contribution is -2.28. The van der Waals surface area contributed by atoms with Gasteiger partial charge in [-0.1, -0.05) is 6.92 Å². The van der Waals surface area contributed by atoms with E-state index in [-0.39, 0.29) is 0 Å². The molecule has 0 spiro atoms. The van der Waals surface area contributed by atoms with Gasteiger partial charge in [0.25, 0.3) is 0 Å². The normalized spacial score (nSPS) is 21.5. The highest BCUT2D eigenvalue weighted by molar-refractivity contribution is 8.00. The lowest BCUT2D eigenvalue weighted by molar-refractivity contribution is 0.633. The van der Waals surface area contributed by atoms with Gasteiger partial charge in [0.05, 0.1) is 0 Å². The summed E-state index contributed by atoms with van der Waals surface area (Å²) in [4.78, 5) is 9.37. The van der Waals surface area contributed by atoms with E-state index in [0.29, 0.717) is 4.75 Å². The molecule has 0 aromatic carbocycles. The third kappa shape index (κ3) is 4.25. The van der Waals surface area contributed by atoms with Crippen LogP contribution in [0.1, 0.15) is 51.4 Å². The Morgan fingerprint density at radius 2 is 1.90 bits per heavy atom. The van der Waals surface area contributed by atoms with E-state index in [1.54, 1.807) is 0 Å². The van der Waals surface area contributed by atoms with Crippen molar-refractivity contribution in [3.63, 3.8) is 0 Å². The van der Waals surface area contributed by atoms with Crippen molar-refractivity contribution in [1.82, 2.24) is 9.97 Å². The highest BCUT2D eigenvalue weighted by Gasteiger charge is 2.29. The number of aryl methyl sites for hydroxylation is 1. The van der Waals surface area contributed by atoms with Gasteiger partial charge in [0.2, 0.25) is 0 Å². The van der Waals surface area contributed by atoms with Crippen molar-refractivity contribution in [3.05, 3.63) is 11.4 Å². The van der Waals surface area contributed by atoms with Gasteiger partial charge in [-0.25, -0.2) is 9.97 Å². The monoisotopic (exact) mass is 308 g/mol. The zero-order valence-corrected chi connectivity index (χ0v) is 14.6. The summed E-state index contributed by atoms with van der Waals surface area (Å²) in [5.41, 5.74) is 1.13. The Kier molecular flexibility index (Phi) is 5.73. The van der Waals surface area contributed by atoms with Gasteiger partial charge < -0.3 is 10.6 Å². The molecule has 0 bridgehead atoms. The molecule has 5 heteroatoms. The van der Waals surface area contributed by atoms with Crippen LogP contribution >= 0.6 is 11.8 Å². The molecule has 1 unspecified atom stereocenters. The Labute approximate surface area is 132 Å². The quantitative estimate of drug-likeness (QED) is 0.801. The molecule has 118 valence electrons. The SMILES string of the molecule is CCCc1nc(NCC)c(C)c(NCC2(C)CCCS2)n1. The first-order chi connectivity index (χ1) is 10.1. The number of nitrogens with zero attached hydrogens (tertiary/aromatic N) is 2. The van der Waals surface area contributed by atoms with Crippen LogP contribution in [0.5, 0.6) is 0 Å². The van der Waals surface area contributed by atoms with Crippen molar-refractivity contribution < 1.29 is 0 Å². The summed E-state index contributed by atoms with van der Waals surface area (Å²) in [6.45, 7) is 10.6. The van der Waals surface area contributed by atoms with Crippen LogP contribution in [0.4, 0.5) is 11.6 Å². The van der Waals surface area contributed by atoms with E-state index in [0.717, 1.165) is 49.0 Å². The number of rotatable bonds is 7. The summed E-state index contributed by atoms with van der Waals surface area (Å²) >= 11 is 2.08. The van der Waals surface area contributed by atoms with Crippen LogP contribution in [0.2, 0.25) is 0 Å². The molecule has 1 saturated heterocycles. The molecule has 1 fully saturated rings. The molecule has 0 radical (unpaired) electrons. The second-order valence-electron chi connectivity index (χ2n) is 6.00. The van der Waals surface area contributed by atoms with Crippen molar-refractivity contribution in [1.29, 1.82) is 0 Å². The van der Waals surface area contributed by atoms with Gasteiger partial charge >= 0.3 is 0 Å². The maximum Gasteiger partial charge on any atom is 0.134 e. The Morgan fingerprint density at radius 1 is 1.19 bits per heavy atom. The van der Waals surface area contributed by atoms with Crippen LogP contribution in [-0.4, -0.2) is 33.6 Å². The largest absolute Gasteiger partial charge is 0.370 e. The maximum atomic E-state index is 4.73. The number of nitrogens with one attached hydrogen (secondary N) is 2. The Morgan fingerprint density at radius 3 is 2.48 bits per heavy atom. The molecule has 1 aliphatic rings. The molecule has 21 heavy (non-hydrogen) atoms. The molecule has 2 rings (SSSR count). The van der Waals surface area contributed by atoms with Gasteiger partial charge in [-0.3, -0.25) is 0 Å². The zero-order chi connectivity index (χ0) is 15.3. The Bertz CT molecular complexity index is 470. The summed E-state index contributed by atoms with van der Waals surface area (Å²) in [7, 11) is 0. The maximum absolute atomic E-state index is 4.73. The molecule has 4 nitrogen and oxygen atoms in total. The van der Waals surface area contributed by atoms with Crippen LogP contribution in [0.25, 0.3) is 0 Å². The second-order valence-corrected chi connectivity index (χ2v) is 7.68. The molecule has 1 atom stereocenters.